The molecule has 1 atom stereocenters. The minimum atomic E-state index is -0.166. The van der Waals surface area contributed by atoms with Crippen LogP contribution in [0, 0.1) is 16.7 Å². The molecule has 1 fully saturated rings. The third-order valence-electron chi connectivity index (χ3n) is 2.87. The van der Waals surface area contributed by atoms with Gasteiger partial charge in [0.1, 0.15) is 0 Å². The lowest BCUT2D eigenvalue weighted by Gasteiger charge is -2.08. The molecule has 1 aliphatic rings. The molecular weight excluding hydrogens is 166 g/mol. The highest BCUT2D eigenvalue weighted by Gasteiger charge is 2.63. The molecule has 62 valence electrons. The molecule has 1 aromatic rings. The van der Waals surface area contributed by atoms with Gasteiger partial charge >= 0.3 is 0 Å². The average Bonchev–Trinajstić information content (AvgIpc) is 2.52. The fourth-order valence-electron chi connectivity index (χ4n) is 1.81. The molecule has 1 heterocycles. The molecule has 1 aromatic heterocycles. The van der Waals surface area contributed by atoms with Gasteiger partial charge in [-0.25, -0.2) is 0 Å². The van der Waals surface area contributed by atoms with Gasteiger partial charge in [-0.3, -0.25) is 0 Å². The molecule has 0 aromatic carbocycles. The summed E-state index contributed by atoms with van der Waals surface area (Å²) in [5.74, 6) is 0. The Hall–Kier alpha value is -0.810. The van der Waals surface area contributed by atoms with E-state index in [4.69, 9.17) is 5.26 Å². The van der Waals surface area contributed by atoms with Crippen LogP contribution in [0.25, 0.3) is 0 Å². The smallest absolute Gasteiger partial charge is 0.0971 e. The second-order valence-corrected chi connectivity index (χ2v) is 5.00. The van der Waals surface area contributed by atoms with Gasteiger partial charge in [-0.05, 0) is 23.3 Å². The standard InChI is InChI=1S/C10H11NS/c1-9(2)6-10(9,7-11)8-4-3-5-12-8/h3-5H,6H2,1-2H3. The Morgan fingerprint density at radius 1 is 1.58 bits per heavy atom. The average molecular weight is 177 g/mol. The molecule has 0 aliphatic heterocycles. The Morgan fingerprint density at radius 3 is 2.58 bits per heavy atom. The molecule has 1 nitrogen and oxygen atoms in total. The Labute approximate surface area is 76.6 Å². The van der Waals surface area contributed by atoms with E-state index in [-0.39, 0.29) is 10.8 Å². The first-order valence-corrected chi connectivity index (χ1v) is 4.96. The summed E-state index contributed by atoms with van der Waals surface area (Å²) in [7, 11) is 0. The predicted octanol–water partition coefficient (Wildman–Crippen LogP) is 2.94. The molecule has 0 N–H and O–H groups in total. The lowest BCUT2D eigenvalue weighted by molar-refractivity contribution is 0.575. The second-order valence-electron chi connectivity index (χ2n) is 4.06. The SMILES string of the molecule is CC1(C)CC1(C#N)c1cccs1. The van der Waals surface area contributed by atoms with Crippen LogP contribution in [-0.4, -0.2) is 0 Å². The van der Waals surface area contributed by atoms with Gasteiger partial charge < -0.3 is 0 Å². The van der Waals surface area contributed by atoms with E-state index in [1.165, 1.54) is 4.88 Å². The summed E-state index contributed by atoms with van der Waals surface area (Å²) >= 11 is 1.70. The number of hydrogen-bond acceptors (Lipinski definition) is 2. The zero-order chi connectivity index (χ0) is 8.82. The van der Waals surface area contributed by atoms with Crippen molar-refractivity contribution in [1.82, 2.24) is 0 Å². The van der Waals surface area contributed by atoms with E-state index in [2.05, 4.69) is 26.0 Å². The minimum Gasteiger partial charge on any atom is -0.197 e. The molecule has 1 aliphatic carbocycles. The molecule has 0 saturated heterocycles. The van der Waals surface area contributed by atoms with E-state index in [1.54, 1.807) is 11.3 Å². The van der Waals surface area contributed by atoms with Crippen molar-refractivity contribution in [2.45, 2.75) is 25.7 Å². The topological polar surface area (TPSA) is 23.8 Å². The van der Waals surface area contributed by atoms with E-state index >= 15 is 0 Å². The van der Waals surface area contributed by atoms with Gasteiger partial charge in [-0.15, -0.1) is 11.3 Å². The van der Waals surface area contributed by atoms with Crippen LogP contribution >= 0.6 is 11.3 Å². The first-order valence-electron chi connectivity index (χ1n) is 4.08. The van der Waals surface area contributed by atoms with Crippen LogP contribution in [0.1, 0.15) is 25.1 Å². The number of nitriles is 1. The quantitative estimate of drug-likeness (QED) is 0.647. The number of nitrogens with zero attached hydrogens (tertiary/aromatic N) is 1. The van der Waals surface area contributed by atoms with E-state index < -0.39 is 0 Å². The third kappa shape index (κ3) is 0.776. The first-order chi connectivity index (χ1) is 5.62. The maximum absolute atomic E-state index is 9.12. The van der Waals surface area contributed by atoms with Crippen molar-refractivity contribution >= 4 is 11.3 Å². The van der Waals surface area contributed by atoms with Crippen molar-refractivity contribution in [3.63, 3.8) is 0 Å². The van der Waals surface area contributed by atoms with E-state index in [1.807, 2.05) is 11.4 Å². The van der Waals surface area contributed by atoms with Crippen LogP contribution in [0.15, 0.2) is 17.5 Å². The van der Waals surface area contributed by atoms with Gasteiger partial charge in [0.25, 0.3) is 0 Å². The lowest BCUT2D eigenvalue weighted by Crippen LogP contribution is -2.09. The van der Waals surface area contributed by atoms with Crippen LogP contribution in [-0.2, 0) is 5.41 Å². The monoisotopic (exact) mass is 177 g/mol. The van der Waals surface area contributed by atoms with Crippen LogP contribution in [0.2, 0.25) is 0 Å². The van der Waals surface area contributed by atoms with Gasteiger partial charge in [0, 0.05) is 4.88 Å². The summed E-state index contributed by atoms with van der Waals surface area (Å²) in [5, 5.41) is 11.2. The lowest BCUT2D eigenvalue weighted by atomic mass is 9.96. The molecule has 0 bridgehead atoms. The van der Waals surface area contributed by atoms with E-state index in [0.717, 1.165) is 6.42 Å². The second kappa shape index (κ2) is 2.11. The van der Waals surface area contributed by atoms with E-state index in [9.17, 15) is 0 Å². The summed E-state index contributed by atoms with van der Waals surface area (Å²) in [6, 6.07) is 6.55. The first kappa shape index (κ1) is 7.82. The third-order valence-corrected chi connectivity index (χ3v) is 3.90. The van der Waals surface area contributed by atoms with Crippen molar-refractivity contribution < 1.29 is 0 Å². The summed E-state index contributed by atoms with van der Waals surface area (Å²) in [6.45, 7) is 4.33. The van der Waals surface area contributed by atoms with Crippen LogP contribution in [0.3, 0.4) is 0 Å². The maximum Gasteiger partial charge on any atom is 0.0971 e. The molecule has 0 radical (unpaired) electrons. The molecule has 1 saturated carbocycles. The predicted molar refractivity (Wildman–Crippen MR) is 50.0 cm³/mol. The Balaban J connectivity index is 2.43. The number of rotatable bonds is 1. The van der Waals surface area contributed by atoms with Gasteiger partial charge in [0.15, 0.2) is 0 Å². The van der Waals surface area contributed by atoms with Crippen molar-refractivity contribution in [2.24, 2.45) is 5.41 Å². The Kier molecular flexibility index (Phi) is 1.38. The van der Waals surface area contributed by atoms with Gasteiger partial charge in [-0.1, -0.05) is 19.9 Å². The summed E-state index contributed by atoms with van der Waals surface area (Å²) in [4.78, 5) is 1.23. The molecule has 0 amide bonds. The Bertz CT molecular complexity index is 331. The fraction of sp³-hybridized carbons (Fsp3) is 0.500. The number of hydrogen-bond donors (Lipinski definition) is 0. The molecule has 1 unspecified atom stereocenters. The molecule has 2 rings (SSSR count). The Morgan fingerprint density at radius 2 is 2.25 bits per heavy atom. The molecule has 2 heteroatoms. The highest BCUT2D eigenvalue weighted by atomic mass is 32.1. The maximum atomic E-state index is 9.12. The van der Waals surface area contributed by atoms with Crippen molar-refractivity contribution in [2.75, 3.05) is 0 Å². The summed E-state index contributed by atoms with van der Waals surface area (Å²) < 4.78 is 0. The van der Waals surface area contributed by atoms with Gasteiger partial charge in [-0.2, -0.15) is 5.26 Å². The minimum absolute atomic E-state index is 0.166. The van der Waals surface area contributed by atoms with Crippen molar-refractivity contribution in [1.29, 1.82) is 5.26 Å². The fourth-order valence-corrected chi connectivity index (χ4v) is 2.86. The highest BCUT2D eigenvalue weighted by Crippen LogP contribution is 2.64. The van der Waals surface area contributed by atoms with Crippen molar-refractivity contribution in [3.8, 4) is 6.07 Å². The number of thiophene rings is 1. The van der Waals surface area contributed by atoms with Crippen LogP contribution in [0.4, 0.5) is 0 Å². The summed E-state index contributed by atoms with van der Waals surface area (Å²) in [5.41, 5.74) is 0.0216. The van der Waals surface area contributed by atoms with Gasteiger partial charge in [0.05, 0.1) is 11.5 Å². The summed E-state index contributed by atoms with van der Waals surface area (Å²) in [6.07, 6.45) is 1.01. The zero-order valence-electron chi connectivity index (χ0n) is 7.29. The molecule has 0 spiro atoms. The molecular formula is C10H11NS. The zero-order valence-corrected chi connectivity index (χ0v) is 8.11. The molecule has 12 heavy (non-hydrogen) atoms. The largest absolute Gasteiger partial charge is 0.197 e. The van der Waals surface area contributed by atoms with Gasteiger partial charge in [0.2, 0.25) is 0 Å². The normalized spacial score (nSPS) is 31.1. The van der Waals surface area contributed by atoms with E-state index in [0.29, 0.717) is 0 Å². The van der Waals surface area contributed by atoms with Crippen molar-refractivity contribution in [3.05, 3.63) is 22.4 Å². The highest BCUT2D eigenvalue weighted by molar-refractivity contribution is 7.10. The van der Waals surface area contributed by atoms with Crippen LogP contribution < -0.4 is 0 Å². The van der Waals surface area contributed by atoms with Crippen LogP contribution in [0.5, 0.6) is 0 Å².